The van der Waals surface area contributed by atoms with Gasteiger partial charge < -0.3 is 0 Å². The van der Waals surface area contributed by atoms with Gasteiger partial charge in [-0.05, 0) is 120 Å². The fraction of sp³-hybridized carbons (Fsp3) is 0.0270. The second-order valence-corrected chi connectivity index (χ2v) is 10.2. The van der Waals surface area contributed by atoms with Gasteiger partial charge in [0, 0.05) is 59.4 Å². The summed E-state index contributed by atoms with van der Waals surface area (Å²) < 4.78 is 0. The summed E-state index contributed by atoms with van der Waals surface area (Å²) in [6.45, 7) is 1.94. The highest BCUT2D eigenvalue weighted by atomic mass is 14.9. The number of nitrogens with zero attached hydrogens (tertiary/aromatic N) is 6. The Labute approximate surface area is 249 Å². The second kappa shape index (κ2) is 11.5. The predicted octanol–water partition coefficient (Wildman–Crippen LogP) is 8.37. The van der Waals surface area contributed by atoms with Crippen molar-refractivity contribution in [3.63, 3.8) is 0 Å². The molecule has 0 saturated heterocycles. The van der Waals surface area contributed by atoms with Crippen molar-refractivity contribution >= 4 is 0 Å². The van der Waals surface area contributed by atoms with Gasteiger partial charge in [-0.1, -0.05) is 12.1 Å². The summed E-state index contributed by atoms with van der Waals surface area (Å²) in [5, 5.41) is 0. The van der Waals surface area contributed by atoms with E-state index in [0.717, 1.165) is 67.3 Å². The van der Waals surface area contributed by atoms with Crippen LogP contribution >= 0.6 is 0 Å². The smallest absolute Gasteiger partial charge is 0.126 e. The first-order valence-electron chi connectivity index (χ1n) is 14.0. The van der Waals surface area contributed by atoms with Crippen molar-refractivity contribution in [1.82, 2.24) is 29.9 Å². The van der Waals surface area contributed by atoms with Gasteiger partial charge in [0.05, 0.1) is 22.8 Å². The summed E-state index contributed by atoms with van der Waals surface area (Å²) in [4.78, 5) is 27.4. The van der Waals surface area contributed by atoms with Crippen LogP contribution in [0.1, 0.15) is 5.82 Å². The van der Waals surface area contributed by atoms with Crippen molar-refractivity contribution in [2.45, 2.75) is 6.92 Å². The average molecular weight is 555 g/mol. The molecule has 0 bridgehead atoms. The topological polar surface area (TPSA) is 77.3 Å². The molecule has 204 valence electrons. The predicted molar refractivity (Wildman–Crippen MR) is 171 cm³/mol. The molecule has 0 saturated carbocycles. The maximum absolute atomic E-state index is 4.90. The van der Waals surface area contributed by atoms with E-state index < -0.39 is 0 Å². The molecule has 0 N–H and O–H groups in total. The third-order valence-corrected chi connectivity index (χ3v) is 7.24. The zero-order valence-corrected chi connectivity index (χ0v) is 23.5. The number of aryl methyl sites for hydroxylation is 1. The molecule has 0 aliphatic heterocycles. The van der Waals surface area contributed by atoms with Gasteiger partial charge in [0.15, 0.2) is 0 Å². The highest BCUT2D eigenvalue weighted by Crippen LogP contribution is 2.35. The van der Waals surface area contributed by atoms with Crippen LogP contribution in [0.5, 0.6) is 0 Å². The van der Waals surface area contributed by atoms with Crippen LogP contribution in [0.15, 0.2) is 140 Å². The monoisotopic (exact) mass is 554 g/mol. The van der Waals surface area contributed by atoms with E-state index in [4.69, 9.17) is 9.97 Å². The molecule has 0 aliphatic carbocycles. The molecule has 0 aliphatic rings. The molecule has 7 rings (SSSR count). The normalized spacial score (nSPS) is 10.9. The summed E-state index contributed by atoms with van der Waals surface area (Å²) >= 11 is 0. The van der Waals surface area contributed by atoms with Crippen LogP contribution in [0.25, 0.3) is 67.3 Å². The van der Waals surface area contributed by atoms with Crippen molar-refractivity contribution in [2.75, 3.05) is 0 Å². The largest absolute Gasteiger partial charge is 0.265 e. The molecule has 0 atom stereocenters. The Morgan fingerprint density at radius 1 is 0.349 bits per heavy atom. The molecule has 6 nitrogen and oxygen atoms in total. The summed E-state index contributed by atoms with van der Waals surface area (Å²) in [7, 11) is 0. The lowest BCUT2D eigenvalue weighted by Crippen LogP contribution is -1.97. The van der Waals surface area contributed by atoms with Crippen LogP contribution in [0.2, 0.25) is 0 Å². The summed E-state index contributed by atoms with van der Waals surface area (Å²) in [6, 6.07) is 35.0. The lowest BCUT2D eigenvalue weighted by atomic mass is 9.95. The number of aromatic nitrogens is 6. The molecule has 0 radical (unpaired) electrons. The molecule has 5 heterocycles. The van der Waals surface area contributed by atoms with Crippen molar-refractivity contribution < 1.29 is 0 Å². The third kappa shape index (κ3) is 5.67. The fourth-order valence-electron chi connectivity index (χ4n) is 5.20. The number of hydrogen-bond acceptors (Lipinski definition) is 6. The van der Waals surface area contributed by atoms with Crippen LogP contribution in [-0.4, -0.2) is 29.9 Å². The zero-order chi connectivity index (χ0) is 29.0. The zero-order valence-electron chi connectivity index (χ0n) is 23.5. The minimum atomic E-state index is 0.690. The van der Waals surface area contributed by atoms with Gasteiger partial charge in [0.1, 0.15) is 5.82 Å². The first-order valence-corrected chi connectivity index (χ1v) is 14.0. The van der Waals surface area contributed by atoms with Crippen molar-refractivity contribution in [3.8, 4) is 67.3 Å². The third-order valence-electron chi connectivity index (χ3n) is 7.24. The Balaban J connectivity index is 1.40. The minimum absolute atomic E-state index is 0.690. The summed E-state index contributed by atoms with van der Waals surface area (Å²) in [5.74, 6) is 0.690. The standard InChI is InChI=1S/C37H26N6/c1-25-42-36(32-20-28(26-8-14-38-15-9-26)18-30(22-32)34-6-2-4-12-40-34)24-37(43-25)33-21-29(27-10-16-39-17-11-27)19-31(23-33)35-7-3-5-13-41-35/h2-24H,1H3. The highest BCUT2D eigenvalue weighted by Gasteiger charge is 2.14. The van der Waals surface area contributed by atoms with Crippen LogP contribution in [0.3, 0.4) is 0 Å². The number of hydrogen-bond donors (Lipinski definition) is 0. The van der Waals surface area contributed by atoms with E-state index in [1.807, 2.05) is 105 Å². The van der Waals surface area contributed by atoms with E-state index in [-0.39, 0.29) is 0 Å². The van der Waals surface area contributed by atoms with E-state index in [1.54, 1.807) is 0 Å². The fourth-order valence-corrected chi connectivity index (χ4v) is 5.20. The molecule has 43 heavy (non-hydrogen) atoms. The van der Waals surface area contributed by atoms with Gasteiger partial charge in [0.25, 0.3) is 0 Å². The van der Waals surface area contributed by atoms with Crippen molar-refractivity contribution in [2.24, 2.45) is 0 Å². The lowest BCUT2D eigenvalue weighted by molar-refractivity contribution is 1.06. The molecule has 2 aromatic carbocycles. The molecule has 6 heteroatoms. The van der Waals surface area contributed by atoms with Gasteiger partial charge in [-0.15, -0.1) is 0 Å². The minimum Gasteiger partial charge on any atom is -0.265 e. The van der Waals surface area contributed by atoms with E-state index >= 15 is 0 Å². The van der Waals surface area contributed by atoms with Crippen LogP contribution in [0, 0.1) is 6.92 Å². The van der Waals surface area contributed by atoms with Crippen LogP contribution < -0.4 is 0 Å². The molecule has 0 spiro atoms. The van der Waals surface area contributed by atoms with Crippen molar-refractivity contribution in [3.05, 3.63) is 146 Å². The molecular formula is C37H26N6. The SMILES string of the molecule is Cc1nc(-c2cc(-c3ccncc3)cc(-c3ccccn3)c2)cc(-c2cc(-c3ccncc3)cc(-c3ccccn3)c2)n1. The lowest BCUT2D eigenvalue weighted by Gasteiger charge is -2.13. The number of rotatable bonds is 6. The molecule has 0 amide bonds. The van der Waals surface area contributed by atoms with Gasteiger partial charge >= 0.3 is 0 Å². The molecule has 0 unspecified atom stereocenters. The van der Waals surface area contributed by atoms with Crippen LogP contribution in [-0.2, 0) is 0 Å². The number of benzene rings is 2. The van der Waals surface area contributed by atoms with E-state index in [9.17, 15) is 0 Å². The summed E-state index contributed by atoms with van der Waals surface area (Å²) in [6.07, 6.45) is 10.9. The molecule has 5 aromatic heterocycles. The second-order valence-electron chi connectivity index (χ2n) is 10.2. The maximum Gasteiger partial charge on any atom is 0.126 e. The van der Waals surface area contributed by atoms with E-state index in [0.29, 0.717) is 5.82 Å². The number of pyridine rings is 4. The van der Waals surface area contributed by atoms with Gasteiger partial charge in [0.2, 0.25) is 0 Å². The van der Waals surface area contributed by atoms with Gasteiger partial charge in [-0.3, -0.25) is 19.9 Å². The molecule has 0 fully saturated rings. The van der Waals surface area contributed by atoms with Gasteiger partial charge in [-0.25, -0.2) is 9.97 Å². The Kier molecular flexibility index (Phi) is 6.99. The Morgan fingerprint density at radius 2 is 0.744 bits per heavy atom. The Bertz CT molecular complexity index is 1750. The quantitative estimate of drug-likeness (QED) is 0.206. The maximum atomic E-state index is 4.90. The Hall–Kier alpha value is -5.88. The Morgan fingerprint density at radius 3 is 1.14 bits per heavy atom. The van der Waals surface area contributed by atoms with E-state index in [2.05, 4.69) is 62.4 Å². The first kappa shape index (κ1) is 26.0. The van der Waals surface area contributed by atoms with Crippen LogP contribution in [0.4, 0.5) is 0 Å². The van der Waals surface area contributed by atoms with Crippen molar-refractivity contribution in [1.29, 1.82) is 0 Å². The highest BCUT2D eigenvalue weighted by molar-refractivity contribution is 5.82. The summed E-state index contributed by atoms with van der Waals surface area (Å²) in [5.41, 5.74) is 11.7. The first-order chi connectivity index (χ1) is 21.2. The molecular weight excluding hydrogens is 528 g/mol. The van der Waals surface area contributed by atoms with E-state index in [1.165, 1.54) is 0 Å². The average Bonchev–Trinajstić information content (AvgIpc) is 3.09. The van der Waals surface area contributed by atoms with Gasteiger partial charge in [-0.2, -0.15) is 0 Å². The molecule has 7 aromatic rings.